The van der Waals surface area contributed by atoms with Crippen LogP contribution in [-0.2, 0) is 16.4 Å². The molecule has 0 bridgehead atoms. The maximum atomic E-state index is 13.5. The Morgan fingerprint density at radius 3 is 2.67 bits per heavy atom. The second-order valence-electron chi connectivity index (χ2n) is 6.80. The summed E-state index contributed by atoms with van der Waals surface area (Å²) in [6.45, 7) is 2.01. The molecule has 0 radical (unpaired) electrons. The third-order valence-electron chi connectivity index (χ3n) is 4.53. The number of carbonyl (C=O) groups excluding carboxylic acids is 1. The Morgan fingerprint density at radius 2 is 1.97 bits per heavy atom. The molecule has 2 aromatic heterocycles. The lowest BCUT2D eigenvalue weighted by Gasteiger charge is -2.20. The molecule has 6 nitrogen and oxygen atoms in total. The van der Waals surface area contributed by atoms with E-state index >= 15 is 0 Å². The van der Waals surface area contributed by atoms with Crippen molar-refractivity contribution >= 4 is 54.0 Å². The lowest BCUT2D eigenvalue weighted by atomic mass is 10.2. The van der Waals surface area contributed by atoms with E-state index in [1.807, 2.05) is 13.0 Å². The molecule has 0 aliphatic carbocycles. The van der Waals surface area contributed by atoms with Crippen molar-refractivity contribution in [3.05, 3.63) is 76.7 Å². The van der Waals surface area contributed by atoms with Gasteiger partial charge in [0, 0.05) is 11.3 Å². The molecule has 2 heterocycles. The Balaban J connectivity index is 1.86. The van der Waals surface area contributed by atoms with Crippen LogP contribution in [0.1, 0.15) is 21.7 Å². The highest BCUT2D eigenvalue weighted by Gasteiger charge is 2.27. The number of aryl methyl sites for hydroxylation is 1. The Labute approximate surface area is 182 Å². The zero-order valence-electron chi connectivity index (χ0n) is 16.1. The first-order chi connectivity index (χ1) is 14.2. The number of nitrogens with zero attached hydrogens (tertiary/aromatic N) is 2. The van der Waals surface area contributed by atoms with Crippen LogP contribution in [0.3, 0.4) is 0 Å². The molecule has 4 aromatic rings. The minimum atomic E-state index is -3.60. The van der Waals surface area contributed by atoms with Crippen molar-refractivity contribution in [3.63, 3.8) is 0 Å². The number of anilines is 1. The molecule has 0 unspecified atom stereocenters. The number of fused-ring (bicyclic) bond motifs is 1. The fourth-order valence-electron chi connectivity index (χ4n) is 3.15. The summed E-state index contributed by atoms with van der Waals surface area (Å²) in [7, 11) is -3.60. The lowest BCUT2D eigenvalue weighted by molar-refractivity contribution is 0.0980. The quantitative estimate of drug-likeness (QED) is 0.413. The molecule has 2 aromatic carbocycles. The molecule has 1 amide bonds. The van der Waals surface area contributed by atoms with Crippen LogP contribution in [0.5, 0.6) is 0 Å². The van der Waals surface area contributed by atoms with Crippen molar-refractivity contribution in [2.45, 2.75) is 18.4 Å². The molecule has 4 rings (SSSR count). The number of amides is 1. The average Bonchev–Trinajstić information content (AvgIpc) is 3.34. The minimum Gasteiger partial charge on any atom is -0.467 e. The highest BCUT2D eigenvalue weighted by Crippen LogP contribution is 2.35. The van der Waals surface area contributed by atoms with E-state index in [2.05, 4.69) is 4.98 Å². The molecule has 9 heteroatoms. The van der Waals surface area contributed by atoms with Gasteiger partial charge >= 0.3 is 0 Å². The van der Waals surface area contributed by atoms with E-state index in [4.69, 9.17) is 16.0 Å². The third kappa shape index (κ3) is 3.98. The van der Waals surface area contributed by atoms with E-state index < -0.39 is 15.7 Å². The Bertz CT molecular complexity index is 1340. The summed E-state index contributed by atoms with van der Waals surface area (Å²) in [5.74, 6) is 0.0735. The van der Waals surface area contributed by atoms with Crippen molar-refractivity contribution in [1.82, 2.24) is 4.98 Å². The number of carbonyl (C=O) groups is 1. The number of thiazole rings is 1. The molecule has 0 saturated heterocycles. The number of rotatable bonds is 5. The second kappa shape index (κ2) is 7.86. The van der Waals surface area contributed by atoms with Gasteiger partial charge in [-0.05, 0) is 48.9 Å². The number of furan rings is 1. The SMILES string of the molecule is Cc1cc(Cl)cc2sc(N(Cc3ccco3)C(=O)c3ccccc3S(C)(=O)=O)nc12. The van der Waals surface area contributed by atoms with Gasteiger partial charge in [0.2, 0.25) is 0 Å². The zero-order valence-corrected chi connectivity index (χ0v) is 18.5. The maximum absolute atomic E-state index is 13.5. The van der Waals surface area contributed by atoms with E-state index in [9.17, 15) is 13.2 Å². The lowest BCUT2D eigenvalue weighted by Crippen LogP contribution is -2.31. The van der Waals surface area contributed by atoms with Gasteiger partial charge in [-0.15, -0.1) is 0 Å². The van der Waals surface area contributed by atoms with E-state index in [1.165, 1.54) is 34.6 Å². The summed E-state index contributed by atoms with van der Waals surface area (Å²) in [6, 6.07) is 13.2. The Morgan fingerprint density at radius 1 is 1.20 bits per heavy atom. The number of hydrogen-bond donors (Lipinski definition) is 0. The molecule has 0 aliphatic heterocycles. The molecule has 0 fully saturated rings. The monoisotopic (exact) mass is 460 g/mol. The molecule has 154 valence electrons. The van der Waals surface area contributed by atoms with Crippen molar-refractivity contribution in [3.8, 4) is 0 Å². The first kappa shape index (κ1) is 20.6. The van der Waals surface area contributed by atoms with Crippen LogP contribution in [0.15, 0.2) is 64.1 Å². The minimum absolute atomic E-state index is 0.0280. The molecular weight excluding hydrogens is 444 g/mol. The molecular formula is C21H17ClN2O4S2. The summed E-state index contributed by atoms with van der Waals surface area (Å²) >= 11 is 7.48. The van der Waals surface area contributed by atoms with Crippen molar-refractivity contribution in [1.29, 1.82) is 0 Å². The predicted molar refractivity (Wildman–Crippen MR) is 118 cm³/mol. The molecule has 0 N–H and O–H groups in total. The van der Waals surface area contributed by atoms with Crippen LogP contribution in [0.25, 0.3) is 10.2 Å². The van der Waals surface area contributed by atoms with Crippen molar-refractivity contribution in [2.75, 3.05) is 11.2 Å². The van der Waals surface area contributed by atoms with Gasteiger partial charge in [0.05, 0.1) is 33.5 Å². The van der Waals surface area contributed by atoms with Crippen molar-refractivity contribution < 1.29 is 17.6 Å². The first-order valence-electron chi connectivity index (χ1n) is 8.94. The van der Waals surface area contributed by atoms with Crippen LogP contribution < -0.4 is 4.90 Å². The van der Waals surface area contributed by atoms with Gasteiger partial charge in [-0.2, -0.15) is 0 Å². The van der Waals surface area contributed by atoms with Crippen LogP contribution in [-0.4, -0.2) is 25.6 Å². The topological polar surface area (TPSA) is 80.5 Å². The second-order valence-corrected chi connectivity index (χ2v) is 10.2. The summed E-state index contributed by atoms with van der Waals surface area (Å²) in [5, 5.41) is 1.02. The predicted octanol–water partition coefficient (Wildman–Crippen LogP) is 5.10. The number of halogens is 1. The summed E-state index contributed by atoms with van der Waals surface area (Å²) in [4.78, 5) is 19.6. The number of sulfone groups is 1. The van der Waals surface area contributed by atoms with Crippen LogP contribution in [0.2, 0.25) is 5.02 Å². The van der Waals surface area contributed by atoms with Gasteiger partial charge in [0.1, 0.15) is 5.76 Å². The molecule has 0 spiro atoms. The van der Waals surface area contributed by atoms with Gasteiger partial charge in [0.25, 0.3) is 5.91 Å². The van der Waals surface area contributed by atoms with Crippen LogP contribution in [0.4, 0.5) is 5.13 Å². The summed E-state index contributed by atoms with van der Waals surface area (Å²) < 4.78 is 30.7. The number of benzene rings is 2. The maximum Gasteiger partial charge on any atom is 0.261 e. The molecule has 0 atom stereocenters. The summed E-state index contributed by atoms with van der Waals surface area (Å²) in [5.41, 5.74) is 1.72. The van der Waals surface area contributed by atoms with E-state index in [-0.39, 0.29) is 17.0 Å². The van der Waals surface area contributed by atoms with Gasteiger partial charge in [-0.25, -0.2) is 13.4 Å². The summed E-state index contributed by atoms with van der Waals surface area (Å²) in [6.07, 6.45) is 2.60. The molecule has 0 saturated carbocycles. The number of aromatic nitrogens is 1. The van der Waals surface area contributed by atoms with Gasteiger partial charge < -0.3 is 4.42 Å². The average molecular weight is 461 g/mol. The van der Waals surface area contributed by atoms with Gasteiger partial charge in [0.15, 0.2) is 15.0 Å². The highest BCUT2D eigenvalue weighted by molar-refractivity contribution is 7.90. The van der Waals surface area contributed by atoms with E-state index in [0.717, 1.165) is 22.0 Å². The Hall–Kier alpha value is -2.68. The van der Waals surface area contributed by atoms with Crippen LogP contribution in [0, 0.1) is 6.92 Å². The normalized spacial score (nSPS) is 11.7. The Kier molecular flexibility index (Phi) is 5.40. The van der Waals surface area contributed by atoms with Gasteiger partial charge in [-0.3, -0.25) is 9.69 Å². The first-order valence-corrected chi connectivity index (χ1v) is 12.0. The fourth-order valence-corrected chi connectivity index (χ4v) is 5.45. The van der Waals surface area contributed by atoms with E-state index in [0.29, 0.717) is 15.9 Å². The highest BCUT2D eigenvalue weighted by atomic mass is 35.5. The zero-order chi connectivity index (χ0) is 21.5. The number of hydrogen-bond acceptors (Lipinski definition) is 6. The molecule has 30 heavy (non-hydrogen) atoms. The van der Waals surface area contributed by atoms with Crippen molar-refractivity contribution in [2.24, 2.45) is 0 Å². The largest absolute Gasteiger partial charge is 0.467 e. The third-order valence-corrected chi connectivity index (χ3v) is 6.92. The smallest absolute Gasteiger partial charge is 0.261 e. The standard InChI is InChI=1S/C21H17ClN2O4S2/c1-13-10-14(22)11-17-19(13)23-21(29-17)24(12-15-6-5-9-28-15)20(25)16-7-3-4-8-18(16)30(2,26)27/h3-11H,12H2,1-2H3. The van der Waals surface area contributed by atoms with Gasteiger partial charge in [-0.1, -0.05) is 35.1 Å². The van der Waals surface area contributed by atoms with Crippen LogP contribution >= 0.6 is 22.9 Å². The molecule has 0 aliphatic rings. The fraction of sp³-hybridized carbons (Fsp3) is 0.143. The van der Waals surface area contributed by atoms with E-state index in [1.54, 1.807) is 30.3 Å².